The zero-order chi connectivity index (χ0) is 35.1. The van der Waals surface area contributed by atoms with Crippen molar-refractivity contribution in [3.05, 3.63) is 206 Å². The Morgan fingerprint density at radius 1 is 0.340 bits per heavy atom. The van der Waals surface area contributed by atoms with Gasteiger partial charge in [0.2, 0.25) is 0 Å². The molecule has 0 bridgehead atoms. The zero-order valence-electron chi connectivity index (χ0n) is 28.9. The highest BCUT2D eigenvalue weighted by atomic mass is 16.5. The Kier molecular flexibility index (Phi) is 7.47. The maximum Gasteiger partial charge on any atom is 0.151 e. The minimum Gasteiger partial charge on any atom is -0.453 e. The van der Waals surface area contributed by atoms with Gasteiger partial charge >= 0.3 is 0 Å². The van der Waals surface area contributed by atoms with Crippen LogP contribution in [0, 0.1) is 0 Å². The van der Waals surface area contributed by atoms with Crippen molar-refractivity contribution >= 4 is 55.7 Å². The Bertz CT molecular complexity index is 2710. The van der Waals surface area contributed by atoms with Crippen LogP contribution in [0.4, 0.5) is 34.1 Å². The molecule has 0 atom stereocenters. The van der Waals surface area contributed by atoms with Gasteiger partial charge in [-0.2, -0.15) is 0 Å². The van der Waals surface area contributed by atoms with E-state index in [9.17, 15) is 0 Å². The summed E-state index contributed by atoms with van der Waals surface area (Å²) in [7, 11) is 0. The molecule has 0 spiro atoms. The smallest absolute Gasteiger partial charge is 0.151 e. The third kappa shape index (κ3) is 5.56. The molecule has 0 saturated heterocycles. The van der Waals surface area contributed by atoms with Gasteiger partial charge in [0.05, 0.1) is 11.4 Å². The summed E-state index contributed by atoms with van der Waals surface area (Å²) >= 11 is 0. The first-order valence-corrected chi connectivity index (χ1v) is 18.0. The number of benzene rings is 9. The molecule has 0 aromatic heterocycles. The van der Waals surface area contributed by atoms with Crippen LogP contribution in [-0.4, -0.2) is 0 Å². The van der Waals surface area contributed by atoms with Crippen molar-refractivity contribution in [1.82, 2.24) is 0 Å². The largest absolute Gasteiger partial charge is 0.453 e. The molecule has 0 unspecified atom stereocenters. The summed E-state index contributed by atoms with van der Waals surface area (Å²) in [6, 6.07) is 73.4. The van der Waals surface area contributed by atoms with E-state index in [-0.39, 0.29) is 0 Å². The molecular weight excluding hydrogens is 645 g/mol. The Balaban J connectivity index is 1.04. The lowest BCUT2D eigenvalue weighted by molar-refractivity contribution is 0.477. The van der Waals surface area contributed by atoms with Gasteiger partial charge in [0.15, 0.2) is 11.5 Å². The van der Waals surface area contributed by atoms with E-state index in [1.165, 1.54) is 32.7 Å². The van der Waals surface area contributed by atoms with Gasteiger partial charge in [0.25, 0.3) is 0 Å². The van der Waals surface area contributed by atoms with Crippen molar-refractivity contribution < 1.29 is 4.74 Å². The van der Waals surface area contributed by atoms with E-state index < -0.39 is 0 Å². The van der Waals surface area contributed by atoms with Crippen LogP contribution in [-0.2, 0) is 0 Å². The second-order valence-electron chi connectivity index (χ2n) is 13.4. The Hall–Kier alpha value is -7.10. The molecule has 9 aromatic rings. The number of fused-ring (bicyclic) bond motifs is 5. The molecule has 0 N–H and O–H groups in total. The second kappa shape index (κ2) is 12.9. The van der Waals surface area contributed by atoms with Gasteiger partial charge in [-0.25, -0.2) is 0 Å². The molecule has 9 aromatic carbocycles. The minimum atomic E-state index is 0.847. The van der Waals surface area contributed by atoms with Gasteiger partial charge < -0.3 is 14.5 Å². The van der Waals surface area contributed by atoms with Crippen LogP contribution >= 0.6 is 0 Å². The molecule has 0 radical (unpaired) electrons. The van der Waals surface area contributed by atoms with Crippen molar-refractivity contribution in [2.45, 2.75) is 0 Å². The first kappa shape index (κ1) is 30.7. The number of hydrogen-bond acceptors (Lipinski definition) is 3. The SMILES string of the molecule is c1ccc(-c2ccc(N(c3ccc(-c4cccc(N5c6ccccc6Oc6ccccc65)c4)cc3)c3ccc4c(ccc5ccccc54)c3)cc2)cc1. The van der Waals surface area contributed by atoms with E-state index in [0.29, 0.717) is 0 Å². The van der Waals surface area contributed by atoms with Gasteiger partial charge in [0, 0.05) is 22.7 Å². The monoisotopic (exact) mass is 678 g/mol. The number of nitrogens with zero attached hydrogens (tertiary/aromatic N) is 2. The maximum atomic E-state index is 6.28. The van der Waals surface area contributed by atoms with Crippen molar-refractivity contribution in [3.8, 4) is 33.8 Å². The highest BCUT2D eigenvalue weighted by Crippen LogP contribution is 2.50. The summed E-state index contributed by atoms with van der Waals surface area (Å²) in [5.74, 6) is 1.69. The van der Waals surface area contributed by atoms with Gasteiger partial charge in [-0.05, 0) is 117 Å². The number of para-hydroxylation sites is 4. The van der Waals surface area contributed by atoms with Gasteiger partial charge in [-0.15, -0.1) is 0 Å². The summed E-state index contributed by atoms with van der Waals surface area (Å²) in [6.07, 6.45) is 0. The van der Waals surface area contributed by atoms with Crippen LogP contribution in [0.25, 0.3) is 43.8 Å². The normalized spacial score (nSPS) is 11.9. The Labute approximate surface area is 309 Å². The summed E-state index contributed by atoms with van der Waals surface area (Å²) in [5.41, 5.74) is 11.1. The van der Waals surface area contributed by atoms with E-state index in [2.05, 4.69) is 192 Å². The van der Waals surface area contributed by atoms with Crippen LogP contribution in [0.3, 0.4) is 0 Å². The Morgan fingerprint density at radius 2 is 0.868 bits per heavy atom. The van der Waals surface area contributed by atoms with Crippen molar-refractivity contribution in [3.63, 3.8) is 0 Å². The fourth-order valence-electron chi connectivity index (χ4n) is 7.63. The molecule has 3 heteroatoms. The minimum absolute atomic E-state index is 0.847. The molecule has 250 valence electrons. The highest BCUT2D eigenvalue weighted by Gasteiger charge is 2.25. The maximum absolute atomic E-state index is 6.28. The predicted molar refractivity (Wildman–Crippen MR) is 222 cm³/mol. The number of ether oxygens (including phenoxy) is 1. The fraction of sp³-hybridized carbons (Fsp3) is 0. The number of hydrogen-bond donors (Lipinski definition) is 0. The van der Waals surface area contributed by atoms with Crippen LogP contribution in [0.1, 0.15) is 0 Å². The average Bonchev–Trinajstić information content (AvgIpc) is 3.23. The summed E-state index contributed by atoms with van der Waals surface area (Å²) < 4.78 is 6.28. The van der Waals surface area contributed by atoms with Crippen molar-refractivity contribution in [1.29, 1.82) is 0 Å². The summed E-state index contributed by atoms with van der Waals surface area (Å²) in [4.78, 5) is 4.64. The lowest BCUT2D eigenvalue weighted by atomic mass is 10.0. The first-order chi connectivity index (χ1) is 26.3. The molecular formula is C50H34N2O. The van der Waals surface area contributed by atoms with Gasteiger partial charge in [0.1, 0.15) is 0 Å². The molecule has 0 fully saturated rings. The second-order valence-corrected chi connectivity index (χ2v) is 13.4. The lowest BCUT2D eigenvalue weighted by Crippen LogP contribution is -2.15. The predicted octanol–water partition coefficient (Wildman–Crippen LogP) is 14.4. The molecule has 3 nitrogen and oxygen atoms in total. The van der Waals surface area contributed by atoms with Crippen LogP contribution in [0.5, 0.6) is 11.5 Å². The van der Waals surface area contributed by atoms with Crippen LogP contribution in [0.15, 0.2) is 206 Å². The van der Waals surface area contributed by atoms with E-state index in [1.54, 1.807) is 0 Å². The molecule has 53 heavy (non-hydrogen) atoms. The third-order valence-electron chi connectivity index (χ3n) is 10.2. The molecule has 1 heterocycles. The van der Waals surface area contributed by atoms with E-state index in [1.807, 2.05) is 24.3 Å². The molecule has 0 aliphatic carbocycles. The van der Waals surface area contributed by atoms with Gasteiger partial charge in [-0.3, -0.25) is 0 Å². The lowest BCUT2D eigenvalue weighted by Gasteiger charge is -2.33. The Morgan fingerprint density at radius 3 is 1.58 bits per heavy atom. The van der Waals surface area contributed by atoms with Gasteiger partial charge in [-0.1, -0.05) is 133 Å². The van der Waals surface area contributed by atoms with Crippen LogP contribution < -0.4 is 14.5 Å². The third-order valence-corrected chi connectivity index (χ3v) is 10.2. The van der Waals surface area contributed by atoms with Crippen molar-refractivity contribution in [2.75, 3.05) is 9.80 Å². The number of rotatable bonds is 6. The molecule has 1 aliphatic rings. The topological polar surface area (TPSA) is 15.7 Å². The summed E-state index contributed by atoms with van der Waals surface area (Å²) in [6.45, 7) is 0. The van der Waals surface area contributed by atoms with Crippen LogP contribution in [0.2, 0.25) is 0 Å². The average molecular weight is 679 g/mol. The number of anilines is 6. The summed E-state index contributed by atoms with van der Waals surface area (Å²) in [5, 5.41) is 4.99. The van der Waals surface area contributed by atoms with E-state index in [4.69, 9.17) is 4.74 Å². The standard InChI is InChI=1S/C50H34N2O/c1-2-11-35(12-3-1)36-23-27-41(28-24-36)51(44-31-32-46-40(34-44)22-21-38-13-4-5-16-45(38)46)42-29-25-37(26-30-42)39-14-10-15-43(33-39)52-47-17-6-8-19-49(47)53-50-20-9-7-18-48(50)52/h1-34H. The fourth-order valence-corrected chi connectivity index (χ4v) is 7.63. The highest BCUT2D eigenvalue weighted by molar-refractivity contribution is 6.08. The van der Waals surface area contributed by atoms with E-state index >= 15 is 0 Å². The molecule has 1 aliphatic heterocycles. The zero-order valence-corrected chi connectivity index (χ0v) is 28.9. The quantitative estimate of drug-likeness (QED) is 0.163. The first-order valence-electron chi connectivity index (χ1n) is 18.0. The van der Waals surface area contributed by atoms with E-state index in [0.717, 1.165) is 56.8 Å². The molecule has 10 rings (SSSR count). The molecule has 0 saturated carbocycles. The van der Waals surface area contributed by atoms with Crippen molar-refractivity contribution in [2.24, 2.45) is 0 Å². The molecule has 0 amide bonds.